The summed E-state index contributed by atoms with van der Waals surface area (Å²) >= 11 is 0. The molecule has 2 aromatic rings. The van der Waals surface area contributed by atoms with Crippen molar-refractivity contribution in [1.82, 2.24) is 4.98 Å². The van der Waals surface area contributed by atoms with Gasteiger partial charge in [0, 0.05) is 31.4 Å². The second-order valence-electron chi connectivity index (χ2n) is 5.64. The van der Waals surface area contributed by atoms with Crippen LogP contribution in [0.1, 0.15) is 13.8 Å². The molecule has 1 aromatic carbocycles. The number of nitrogens with zero attached hydrogens (tertiary/aromatic N) is 2. The number of rotatable bonds is 5. The van der Waals surface area contributed by atoms with Crippen molar-refractivity contribution in [3.63, 3.8) is 0 Å². The highest BCUT2D eigenvalue weighted by Crippen LogP contribution is 2.20. The van der Waals surface area contributed by atoms with E-state index >= 15 is 0 Å². The van der Waals surface area contributed by atoms with Gasteiger partial charge in [-0.25, -0.2) is 4.98 Å². The molecule has 1 heterocycles. The molecule has 0 saturated heterocycles. The van der Waals surface area contributed by atoms with E-state index in [4.69, 9.17) is 0 Å². The van der Waals surface area contributed by atoms with Gasteiger partial charge in [-0.05, 0) is 36.4 Å². The Balaban J connectivity index is 2.00. The molecular weight excluding hydrogens is 276 g/mol. The Bertz CT molecular complexity index is 618. The van der Waals surface area contributed by atoms with Crippen LogP contribution in [-0.2, 0) is 4.79 Å². The molecule has 1 amide bonds. The summed E-state index contributed by atoms with van der Waals surface area (Å²) in [5.41, 5.74) is 3.02. The summed E-state index contributed by atoms with van der Waals surface area (Å²) in [5.74, 6) is 0.467. The van der Waals surface area contributed by atoms with Crippen molar-refractivity contribution in [2.75, 3.05) is 29.6 Å². The number of nitrogens with one attached hydrogen (secondary N) is 2. The zero-order chi connectivity index (χ0) is 16.1. The topological polar surface area (TPSA) is 57.3 Å². The molecule has 0 aliphatic carbocycles. The van der Waals surface area contributed by atoms with Crippen LogP contribution in [0.25, 0.3) is 0 Å². The van der Waals surface area contributed by atoms with Gasteiger partial charge in [0.05, 0.1) is 11.9 Å². The normalized spacial score (nSPS) is 10.4. The van der Waals surface area contributed by atoms with Crippen LogP contribution in [0.2, 0.25) is 0 Å². The molecule has 5 heteroatoms. The fourth-order valence-electron chi connectivity index (χ4n) is 1.82. The van der Waals surface area contributed by atoms with Crippen LogP contribution < -0.4 is 15.5 Å². The lowest BCUT2D eigenvalue weighted by Gasteiger charge is -2.13. The van der Waals surface area contributed by atoms with Crippen LogP contribution in [0.4, 0.5) is 22.9 Å². The molecule has 0 radical (unpaired) electrons. The van der Waals surface area contributed by atoms with Crippen molar-refractivity contribution in [3.05, 3.63) is 42.6 Å². The van der Waals surface area contributed by atoms with Gasteiger partial charge < -0.3 is 15.5 Å². The minimum Gasteiger partial charge on any atom is -0.378 e. The summed E-state index contributed by atoms with van der Waals surface area (Å²) in [6.07, 6.45) is 1.70. The van der Waals surface area contributed by atoms with E-state index in [2.05, 4.69) is 20.5 Å². The summed E-state index contributed by atoms with van der Waals surface area (Å²) in [5, 5.41) is 6.05. The molecule has 0 unspecified atom stereocenters. The standard InChI is InChI=1S/C17H22N4O/c1-12(2)17(22)20-16-10-7-14(11-18-16)19-13-5-8-15(9-6-13)21(3)4/h5-12,19H,1-4H3,(H,18,20,22). The lowest BCUT2D eigenvalue weighted by molar-refractivity contribution is -0.118. The predicted octanol–water partition coefficient (Wildman–Crippen LogP) is 3.49. The van der Waals surface area contributed by atoms with E-state index in [1.54, 1.807) is 12.3 Å². The van der Waals surface area contributed by atoms with Crippen molar-refractivity contribution in [1.29, 1.82) is 0 Å². The summed E-state index contributed by atoms with van der Waals surface area (Å²) in [6.45, 7) is 3.70. The average molecular weight is 298 g/mol. The van der Waals surface area contributed by atoms with Crippen molar-refractivity contribution in [3.8, 4) is 0 Å². The fourth-order valence-corrected chi connectivity index (χ4v) is 1.82. The Labute approximate surface area is 131 Å². The van der Waals surface area contributed by atoms with E-state index in [1.165, 1.54) is 0 Å². The van der Waals surface area contributed by atoms with Crippen LogP contribution in [0.3, 0.4) is 0 Å². The molecule has 22 heavy (non-hydrogen) atoms. The Hall–Kier alpha value is -2.56. The van der Waals surface area contributed by atoms with Gasteiger partial charge in [0.1, 0.15) is 5.82 Å². The van der Waals surface area contributed by atoms with Gasteiger partial charge in [-0.2, -0.15) is 0 Å². The van der Waals surface area contributed by atoms with Gasteiger partial charge in [0.15, 0.2) is 0 Å². The number of hydrogen-bond acceptors (Lipinski definition) is 4. The molecule has 1 aromatic heterocycles. The molecule has 0 aliphatic heterocycles. The first-order valence-electron chi connectivity index (χ1n) is 7.27. The predicted molar refractivity (Wildman–Crippen MR) is 91.8 cm³/mol. The smallest absolute Gasteiger partial charge is 0.228 e. The zero-order valence-corrected chi connectivity index (χ0v) is 13.4. The molecule has 0 saturated carbocycles. The highest BCUT2D eigenvalue weighted by molar-refractivity contribution is 5.91. The molecule has 0 aliphatic rings. The maximum atomic E-state index is 11.6. The van der Waals surface area contributed by atoms with Gasteiger partial charge in [0.25, 0.3) is 0 Å². The number of aromatic nitrogens is 1. The third-order valence-corrected chi connectivity index (χ3v) is 3.21. The Kier molecular flexibility index (Phi) is 4.99. The van der Waals surface area contributed by atoms with Gasteiger partial charge in [-0.3, -0.25) is 4.79 Å². The van der Waals surface area contributed by atoms with Crippen molar-refractivity contribution in [2.24, 2.45) is 5.92 Å². The number of carbonyl (C=O) groups excluding carboxylic acids is 1. The van der Waals surface area contributed by atoms with Crippen LogP contribution in [0.5, 0.6) is 0 Å². The fraction of sp³-hybridized carbons (Fsp3) is 0.294. The number of anilines is 4. The number of benzene rings is 1. The molecule has 5 nitrogen and oxygen atoms in total. The molecule has 2 N–H and O–H groups in total. The van der Waals surface area contributed by atoms with E-state index in [0.29, 0.717) is 5.82 Å². The average Bonchev–Trinajstić information content (AvgIpc) is 2.49. The molecule has 0 spiro atoms. The molecule has 0 bridgehead atoms. The van der Waals surface area contributed by atoms with Crippen molar-refractivity contribution < 1.29 is 4.79 Å². The van der Waals surface area contributed by atoms with Gasteiger partial charge >= 0.3 is 0 Å². The number of hydrogen-bond donors (Lipinski definition) is 2. The highest BCUT2D eigenvalue weighted by Gasteiger charge is 2.07. The highest BCUT2D eigenvalue weighted by atomic mass is 16.1. The second-order valence-corrected chi connectivity index (χ2v) is 5.64. The second kappa shape index (κ2) is 6.93. The van der Waals surface area contributed by atoms with E-state index in [9.17, 15) is 4.79 Å². The minimum absolute atomic E-state index is 0.0347. The Morgan fingerprint density at radius 2 is 1.68 bits per heavy atom. The van der Waals surface area contributed by atoms with E-state index in [1.807, 2.05) is 58.3 Å². The first-order chi connectivity index (χ1) is 10.5. The molecular formula is C17H22N4O. The zero-order valence-electron chi connectivity index (χ0n) is 13.4. The largest absolute Gasteiger partial charge is 0.378 e. The SMILES string of the molecule is CC(C)C(=O)Nc1ccc(Nc2ccc(N(C)C)cc2)cn1. The number of carbonyl (C=O) groups is 1. The quantitative estimate of drug-likeness (QED) is 0.887. The lowest BCUT2D eigenvalue weighted by Crippen LogP contribution is -2.18. The Morgan fingerprint density at radius 1 is 1.05 bits per heavy atom. The van der Waals surface area contributed by atoms with Gasteiger partial charge in [0.2, 0.25) is 5.91 Å². The van der Waals surface area contributed by atoms with Gasteiger partial charge in [-0.1, -0.05) is 13.8 Å². The van der Waals surface area contributed by atoms with Gasteiger partial charge in [-0.15, -0.1) is 0 Å². The van der Waals surface area contributed by atoms with Crippen molar-refractivity contribution >= 4 is 28.8 Å². The van der Waals surface area contributed by atoms with E-state index in [-0.39, 0.29) is 11.8 Å². The molecule has 0 fully saturated rings. The van der Waals surface area contributed by atoms with Crippen LogP contribution in [0, 0.1) is 5.92 Å². The first kappa shape index (κ1) is 15.8. The summed E-state index contributed by atoms with van der Waals surface area (Å²) in [6, 6.07) is 11.8. The lowest BCUT2D eigenvalue weighted by atomic mass is 10.2. The van der Waals surface area contributed by atoms with Crippen LogP contribution in [0.15, 0.2) is 42.6 Å². The maximum absolute atomic E-state index is 11.6. The van der Waals surface area contributed by atoms with Crippen LogP contribution in [-0.4, -0.2) is 25.0 Å². The monoisotopic (exact) mass is 298 g/mol. The van der Waals surface area contributed by atoms with Crippen molar-refractivity contribution in [2.45, 2.75) is 13.8 Å². The molecule has 116 valence electrons. The number of pyridine rings is 1. The molecule has 0 atom stereocenters. The van der Waals surface area contributed by atoms with E-state index < -0.39 is 0 Å². The van der Waals surface area contributed by atoms with Crippen LogP contribution >= 0.6 is 0 Å². The molecule has 2 rings (SSSR count). The third-order valence-electron chi connectivity index (χ3n) is 3.21. The summed E-state index contributed by atoms with van der Waals surface area (Å²) < 4.78 is 0. The summed E-state index contributed by atoms with van der Waals surface area (Å²) in [4.78, 5) is 17.9. The third kappa shape index (κ3) is 4.22. The minimum atomic E-state index is -0.0604. The maximum Gasteiger partial charge on any atom is 0.228 e. The van der Waals surface area contributed by atoms with E-state index in [0.717, 1.165) is 17.1 Å². The summed E-state index contributed by atoms with van der Waals surface area (Å²) in [7, 11) is 4.02. The Morgan fingerprint density at radius 3 is 2.18 bits per heavy atom. The first-order valence-corrected chi connectivity index (χ1v) is 7.27. The number of amides is 1.